The number of aryl methyl sites for hydroxylation is 1. The summed E-state index contributed by atoms with van der Waals surface area (Å²) in [6.07, 6.45) is 0. The lowest BCUT2D eigenvalue weighted by molar-refractivity contribution is 0.0995. The Labute approximate surface area is 85.7 Å². The van der Waals surface area contributed by atoms with E-state index in [0.29, 0.717) is 5.56 Å². The highest BCUT2D eigenvalue weighted by atomic mass is 79.9. The van der Waals surface area contributed by atoms with E-state index in [0.717, 1.165) is 5.56 Å². The second kappa shape index (κ2) is 3.92. The van der Waals surface area contributed by atoms with E-state index in [2.05, 4.69) is 15.9 Å². The quantitative estimate of drug-likeness (QED) is 0.640. The van der Waals surface area contributed by atoms with Crippen molar-refractivity contribution >= 4 is 21.7 Å². The first-order valence-corrected chi connectivity index (χ1v) is 4.92. The maximum Gasteiger partial charge on any atom is 0.176 e. The predicted molar refractivity (Wildman–Crippen MR) is 55.6 cm³/mol. The van der Waals surface area contributed by atoms with Crippen LogP contribution < -0.4 is 0 Å². The van der Waals surface area contributed by atoms with Crippen molar-refractivity contribution < 1.29 is 9.90 Å². The number of alkyl halides is 1. The van der Waals surface area contributed by atoms with Crippen LogP contribution in [-0.4, -0.2) is 15.7 Å². The van der Waals surface area contributed by atoms with Gasteiger partial charge in [-0.05, 0) is 31.5 Å². The van der Waals surface area contributed by atoms with Gasteiger partial charge >= 0.3 is 0 Å². The van der Waals surface area contributed by atoms with Crippen LogP contribution in [0.15, 0.2) is 18.2 Å². The van der Waals surface area contributed by atoms with E-state index in [4.69, 9.17) is 0 Å². The van der Waals surface area contributed by atoms with Crippen molar-refractivity contribution in [3.8, 4) is 5.75 Å². The van der Waals surface area contributed by atoms with Crippen LogP contribution in [0.25, 0.3) is 0 Å². The molecule has 0 spiro atoms. The zero-order chi connectivity index (χ0) is 10.0. The van der Waals surface area contributed by atoms with Crippen molar-refractivity contribution in [3.05, 3.63) is 29.3 Å². The normalized spacial score (nSPS) is 12.5. The summed E-state index contributed by atoms with van der Waals surface area (Å²) in [6, 6.07) is 4.80. The van der Waals surface area contributed by atoms with E-state index in [1.165, 1.54) is 6.07 Å². The molecule has 1 aromatic rings. The number of ketones is 1. The fourth-order valence-corrected chi connectivity index (χ4v) is 1.34. The smallest absolute Gasteiger partial charge is 0.176 e. The summed E-state index contributed by atoms with van der Waals surface area (Å²) in [5, 5.41) is 9.20. The molecule has 1 rings (SSSR count). The van der Waals surface area contributed by atoms with Crippen LogP contribution in [0.1, 0.15) is 22.8 Å². The van der Waals surface area contributed by atoms with Gasteiger partial charge < -0.3 is 5.11 Å². The first-order chi connectivity index (χ1) is 6.02. The van der Waals surface area contributed by atoms with Crippen molar-refractivity contribution in [2.75, 3.05) is 0 Å². The molecule has 2 nitrogen and oxygen atoms in total. The van der Waals surface area contributed by atoms with Crippen molar-refractivity contribution in [1.82, 2.24) is 0 Å². The highest BCUT2D eigenvalue weighted by Crippen LogP contribution is 2.19. The number of hydrogen-bond donors (Lipinski definition) is 1. The molecule has 0 bridgehead atoms. The van der Waals surface area contributed by atoms with E-state index < -0.39 is 0 Å². The molecule has 0 aliphatic carbocycles. The number of phenolic OH excluding ortho intramolecular Hbond substituents is 1. The van der Waals surface area contributed by atoms with E-state index in [9.17, 15) is 9.90 Å². The van der Waals surface area contributed by atoms with Crippen LogP contribution >= 0.6 is 15.9 Å². The minimum absolute atomic E-state index is 0.00611. The van der Waals surface area contributed by atoms with Crippen molar-refractivity contribution in [1.29, 1.82) is 0 Å². The number of halogens is 1. The minimum atomic E-state index is -0.215. The standard InChI is InChI=1S/C10H11BrO2/c1-6-3-4-8(12)5-9(6)10(13)7(2)11/h3-5,7,12H,1-2H3. The molecule has 0 saturated carbocycles. The number of hydrogen-bond acceptors (Lipinski definition) is 2. The van der Waals surface area contributed by atoms with E-state index >= 15 is 0 Å². The summed E-state index contributed by atoms with van der Waals surface area (Å²) in [6.45, 7) is 3.62. The highest BCUT2D eigenvalue weighted by Gasteiger charge is 2.14. The average Bonchev–Trinajstić information content (AvgIpc) is 2.08. The number of benzene rings is 1. The van der Waals surface area contributed by atoms with Gasteiger partial charge in [-0.15, -0.1) is 0 Å². The Balaban J connectivity index is 3.13. The number of carbonyl (C=O) groups is 1. The summed E-state index contributed by atoms with van der Waals surface area (Å²) >= 11 is 3.20. The molecule has 0 amide bonds. The molecule has 1 unspecified atom stereocenters. The van der Waals surface area contributed by atoms with Crippen LogP contribution in [0, 0.1) is 6.92 Å². The van der Waals surface area contributed by atoms with Crippen LogP contribution in [0.5, 0.6) is 5.75 Å². The summed E-state index contributed by atoms with van der Waals surface area (Å²) in [5.41, 5.74) is 1.46. The second-order valence-electron chi connectivity index (χ2n) is 2.98. The van der Waals surface area contributed by atoms with Gasteiger partial charge in [-0.1, -0.05) is 22.0 Å². The molecular formula is C10H11BrO2. The minimum Gasteiger partial charge on any atom is -0.508 e. The summed E-state index contributed by atoms with van der Waals surface area (Å²) < 4.78 is 0. The van der Waals surface area contributed by atoms with Crippen molar-refractivity contribution in [3.63, 3.8) is 0 Å². The Kier molecular flexibility index (Phi) is 3.09. The number of phenols is 1. The van der Waals surface area contributed by atoms with Crippen LogP contribution in [0.3, 0.4) is 0 Å². The van der Waals surface area contributed by atoms with Gasteiger partial charge in [0.2, 0.25) is 0 Å². The highest BCUT2D eigenvalue weighted by molar-refractivity contribution is 9.10. The predicted octanol–water partition coefficient (Wildman–Crippen LogP) is 2.67. The fraction of sp³-hybridized carbons (Fsp3) is 0.300. The summed E-state index contributed by atoms with van der Waals surface area (Å²) in [5.74, 6) is 0.121. The molecule has 0 aliphatic heterocycles. The molecule has 0 radical (unpaired) electrons. The fourth-order valence-electron chi connectivity index (χ4n) is 1.09. The van der Waals surface area contributed by atoms with Crippen molar-refractivity contribution in [2.24, 2.45) is 0 Å². The van der Waals surface area contributed by atoms with E-state index in [1.807, 2.05) is 6.92 Å². The maximum atomic E-state index is 11.6. The molecule has 1 aromatic carbocycles. The van der Waals surface area contributed by atoms with Crippen LogP contribution in [0.2, 0.25) is 0 Å². The molecule has 1 N–H and O–H groups in total. The Bertz CT molecular complexity index is 332. The largest absolute Gasteiger partial charge is 0.508 e. The molecule has 3 heteroatoms. The maximum absolute atomic E-state index is 11.6. The van der Waals surface area contributed by atoms with Gasteiger partial charge in [-0.2, -0.15) is 0 Å². The van der Waals surface area contributed by atoms with Gasteiger partial charge in [0.05, 0.1) is 4.83 Å². The first kappa shape index (κ1) is 10.3. The molecule has 13 heavy (non-hydrogen) atoms. The summed E-state index contributed by atoms with van der Waals surface area (Å²) in [4.78, 5) is 11.3. The zero-order valence-electron chi connectivity index (χ0n) is 7.54. The van der Waals surface area contributed by atoms with Gasteiger partial charge in [0, 0.05) is 5.56 Å². The molecule has 0 aliphatic rings. The van der Waals surface area contributed by atoms with E-state index in [1.54, 1.807) is 19.1 Å². The molecular weight excluding hydrogens is 232 g/mol. The van der Waals surface area contributed by atoms with Gasteiger partial charge in [0.25, 0.3) is 0 Å². The number of rotatable bonds is 2. The Morgan fingerprint density at radius 3 is 2.69 bits per heavy atom. The number of carbonyl (C=O) groups excluding carboxylic acids is 1. The lowest BCUT2D eigenvalue weighted by Crippen LogP contribution is -2.11. The second-order valence-corrected chi connectivity index (χ2v) is 4.35. The monoisotopic (exact) mass is 242 g/mol. The SMILES string of the molecule is Cc1ccc(O)cc1C(=O)C(C)Br. The Morgan fingerprint density at radius 2 is 2.15 bits per heavy atom. The Hall–Kier alpha value is -0.830. The summed E-state index contributed by atoms with van der Waals surface area (Å²) in [7, 11) is 0. The number of aromatic hydroxyl groups is 1. The third-order valence-electron chi connectivity index (χ3n) is 1.85. The topological polar surface area (TPSA) is 37.3 Å². The van der Waals surface area contributed by atoms with E-state index in [-0.39, 0.29) is 16.4 Å². The molecule has 1 atom stereocenters. The lowest BCUT2D eigenvalue weighted by Gasteiger charge is -2.06. The third-order valence-corrected chi connectivity index (χ3v) is 2.26. The molecule has 0 saturated heterocycles. The molecule has 0 aromatic heterocycles. The van der Waals surface area contributed by atoms with Crippen LogP contribution in [0.4, 0.5) is 0 Å². The van der Waals surface area contributed by atoms with Gasteiger partial charge in [-0.3, -0.25) is 4.79 Å². The zero-order valence-corrected chi connectivity index (χ0v) is 9.13. The number of Topliss-reactive ketones (excluding diaryl/α,β-unsaturated/α-hetero) is 1. The molecule has 0 fully saturated rings. The molecule has 0 heterocycles. The first-order valence-electron chi connectivity index (χ1n) is 4.00. The average molecular weight is 243 g/mol. The molecule has 70 valence electrons. The lowest BCUT2D eigenvalue weighted by atomic mass is 10.0. The van der Waals surface area contributed by atoms with Crippen LogP contribution in [-0.2, 0) is 0 Å². The Morgan fingerprint density at radius 1 is 1.54 bits per heavy atom. The van der Waals surface area contributed by atoms with Gasteiger partial charge in [0.15, 0.2) is 5.78 Å². The van der Waals surface area contributed by atoms with Gasteiger partial charge in [0.1, 0.15) is 5.75 Å². The third kappa shape index (κ3) is 2.31. The van der Waals surface area contributed by atoms with Gasteiger partial charge in [-0.25, -0.2) is 0 Å². The van der Waals surface area contributed by atoms with Crippen molar-refractivity contribution in [2.45, 2.75) is 18.7 Å².